The Labute approximate surface area is 119 Å². The summed E-state index contributed by atoms with van der Waals surface area (Å²) in [7, 11) is 1.69. The molecule has 1 atom stereocenters. The fraction of sp³-hybridized carbons (Fsp3) is 0.533. The van der Waals surface area contributed by atoms with Crippen LogP contribution in [-0.2, 0) is 9.53 Å². The molecule has 0 aromatic heterocycles. The number of nitrogens with two attached hydrogens (primary N) is 1. The van der Waals surface area contributed by atoms with Crippen LogP contribution in [0.5, 0.6) is 5.75 Å². The molecule has 20 heavy (non-hydrogen) atoms. The van der Waals surface area contributed by atoms with Gasteiger partial charge in [0.2, 0.25) is 5.91 Å². The Morgan fingerprint density at radius 3 is 2.85 bits per heavy atom. The second-order valence-electron chi connectivity index (χ2n) is 5.37. The van der Waals surface area contributed by atoms with E-state index in [0.29, 0.717) is 13.2 Å². The highest BCUT2D eigenvalue weighted by molar-refractivity contribution is 5.75. The van der Waals surface area contributed by atoms with Crippen LogP contribution in [0.25, 0.3) is 0 Å². The lowest BCUT2D eigenvalue weighted by molar-refractivity contribution is -0.119. The lowest BCUT2D eigenvalue weighted by atomic mass is 10.0. The molecule has 0 spiro atoms. The first-order valence-electron chi connectivity index (χ1n) is 6.79. The third-order valence-electron chi connectivity index (χ3n) is 3.79. The first-order valence-corrected chi connectivity index (χ1v) is 6.79. The van der Waals surface area contributed by atoms with Crippen molar-refractivity contribution in [1.82, 2.24) is 4.90 Å². The van der Waals surface area contributed by atoms with Gasteiger partial charge in [0.15, 0.2) is 0 Å². The summed E-state index contributed by atoms with van der Waals surface area (Å²) in [6, 6.07) is 7.91. The summed E-state index contributed by atoms with van der Waals surface area (Å²) in [6.45, 7) is 4.23. The van der Waals surface area contributed by atoms with Gasteiger partial charge in [-0.15, -0.1) is 0 Å². The number of para-hydroxylation sites is 1. The number of aryl methyl sites for hydroxylation is 1. The molecule has 1 aliphatic heterocycles. The maximum atomic E-state index is 11.0. The van der Waals surface area contributed by atoms with Gasteiger partial charge in [-0.25, -0.2) is 0 Å². The summed E-state index contributed by atoms with van der Waals surface area (Å²) in [5.41, 5.74) is 5.97. The number of benzene rings is 1. The Morgan fingerprint density at radius 2 is 2.20 bits per heavy atom. The molecule has 1 saturated heterocycles. The highest BCUT2D eigenvalue weighted by atomic mass is 16.5. The fourth-order valence-corrected chi connectivity index (χ4v) is 2.55. The van der Waals surface area contributed by atoms with Crippen molar-refractivity contribution in [2.45, 2.75) is 18.9 Å². The SMILES string of the molecule is CO[C@]1(COc2ccccc2C)CCN(CC(N)=O)C1. The van der Waals surface area contributed by atoms with Gasteiger partial charge >= 0.3 is 0 Å². The molecule has 1 amide bonds. The molecule has 0 aliphatic carbocycles. The number of carbonyl (C=O) groups excluding carboxylic acids is 1. The lowest BCUT2D eigenvalue weighted by Gasteiger charge is -2.28. The molecule has 1 aliphatic rings. The molecular weight excluding hydrogens is 256 g/mol. The topological polar surface area (TPSA) is 64.8 Å². The summed E-state index contributed by atoms with van der Waals surface area (Å²) in [4.78, 5) is 13.0. The van der Waals surface area contributed by atoms with Gasteiger partial charge in [-0.05, 0) is 25.0 Å². The highest BCUT2D eigenvalue weighted by Crippen LogP contribution is 2.27. The zero-order chi connectivity index (χ0) is 14.6. The minimum absolute atomic E-state index is 0.273. The van der Waals surface area contributed by atoms with Crippen LogP contribution in [0.2, 0.25) is 0 Å². The van der Waals surface area contributed by atoms with E-state index >= 15 is 0 Å². The van der Waals surface area contributed by atoms with Gasteiger partial charge in [0, 0.05) is 20.2 Å². The van der Waals surface area contributed by atoms with Crippen molar-refractivity contribution in [2.24, 2.45) is 5.73 Å². The third-order valence-corrected chi connectivity index (χ3v) is 3.79. The van der Waals surface area contributed by atoms with E-state index in [4.69, 9.17) is 15.2 Å². The van der Waals surface area contributed by atoms with Gasteiger partial charge in [-0.1, -0.05) is 18.2 Å². The molecule has 0 radical (unpaired) electrons. The molecule has 5 heteroatoms. The summed E-state index contributed by atoms with van der Waals surface area (Å²) in [5, 5.41) is 0. The molecule has 0 bridgehead atoms. The smallest absolute Gasteiger partial charge is 0.231 e. The second kappa shape index (κ2) is 6.24. The largest absolute Gasteiger partial charge is 0.490 e. The molecule has 0 unspecified atom stereocenters. The standard InChI is InChI=1S/C15H22N2O3/c1-12-5-3-4-6-13(12)20-11-15(19-2)7-8-17(10-15)9-14(16)18/h3-6H,7-11H2,1-2H3,(H2,16,18)/t15-/m1/s1. The maximum absolute atomic E-state index is 11.0. The Morgan fingerprint density at radius 1 is 1.45 bits per heavy atom. The summed E-state index contributed by atoms with van der Waals surface area (Å²) >= 11 is 0. The Hall–Kier alpha value is -1.59. The van der Waals surface area contributed by atoms with Crippen LogP contribution in [0.4, 0.5) is 0 Å². The van der Waals surface area contributed by atoms with Gasteiger partial charge in [-0.3, -0.25) is 9.69 Å². The number of amides is 1. The van der Waals surface area contributed by atoms with Crippen LogP contribution < -0.4 is 10.5 Å². The Kier molecular flexibility index (Phi) is 4.62. The molecule has 1 aromatic rings. The van der Waals surface area contributed by atoms with E-state index < -0.39 is 0 Å². The van der Waals surface area contributed by atoms with E-state index in [1.807, 2.05) is 36.1 Å². The molecule has 1 aromatic carbocycles. The van der Waals surface area contributed by atoms with E-state index in [2.05, 4.69) is 0 Å². The molecule has 110 valence electrons. The Balaban J connectivity index is 1.96. The number of hydrogen-bond donors (Lipinski definition) is 1. The quantitative estimate of drug-likeness (QED) is 0.841. The van der Waals surface area contributed by atoms with Crippen molar-refractivity contribution in [3.63, 3.8) is 0 Å². The average Bonchev–Trinajstić information content (AvgIpc) is 2.81. The normalized spacial score (nSPS) is 22.9. The molecule has 2 N–H and O–H groups in total. The van der Waals surface area contributed by atoms with E-state index in [-0.39, 0.29) is 18.1 Å². The zero-order valence-electron chi connectivity index (χ0n) is 12.1. The van der Waals surface area contributed by atoms with Crippen molar-refractivity contribution < 1.29 is 14.3 Å². The van der Waals surface area contributed by atoms with Crippen molar-refractivity contribution in [3.8, 4) is 5.75 Å². The van der Waals surface area contributed by atoms with Crippen LogP contribution in [-0.4, -0.2) is 49.8 Å². The summed E-state index contributed by atoms with van der Waals surface area (Å²) < 4.78 is 11.6. The summed E-state index contributed by atoms with van der Waals surface area (Å²) in [6.07, 6.45) is 0.836. The van der Waals surface area contributed by atoms with Gasteiger partial charge in [0.05, 0.1) is 6.54 Å². The number of hydrogen-bond acceptors (Lipinski definition) is 4. The number of carbonyl (C=O) groups is 1. The third kappa shape index (κ3) is 3.49. The predicted molar refractivity (Wildman–Crippen MR) is 76.7 cm³/mol. The van der Waals surface area contributed by atoms with Crippen LogP contribution in [0.3, 0.4) is 0 Å². The van der Waals surface area contributed by atoms with Gasteiger partial charge in [0.1, 0.15) is 18.0 Å². The minimum Gasteiger partial charge on any atom is -0.490 e. The molecule has 1 heterocycles. The predicted octanol–water partition coefficient (Wildman–Crippen LogP) is 0.950. The number of nitrogens with zero attached hydrogens (tertiary/aromatic N) is 1. The lowest BCUT2D eigenvalue weighted by Crippen LogP contribution is -2.42. The number of rotatable bonds is 6. The van der Waals surface area contributed by atoms with Crippen molar-refractivity contribution in [2.75, 3.05) is 33.4 Å². The van der Waals surface area contributed by atoms with Crippen molar-refractivity contribution in [1.29, 1.82) is 0 Å². The number of primary amides is 1. The highest BCUT2D eigenvalue weighted by Gasteiger charge is 2.39. The molecule has 1 fully saturated rings. The van der Waals surface area contributed by atoms with Crippen molar-refractivity contribution in [3.05, 3.63) is 29.8 Å². The minimum atomic E-state index is -0.363. The van der Waals surface area contributed by atoms with Crippen molar-refractivity contribution >= 4 is 5.91 Å². The Bertz CT molecular complexity index is 478. The van der Waals surface area contributed by atoms with Crippen LogP contribution >= 0.6 is 0 Å². The first-order chi connectivity index (χ1) is 9.54. The number of methoxy groups -OCH3 is 1. The summed E-state index contributed by atoms with van der Waals surface area (Å²) in [5.74, 6) is 0.564. The zero-order valence-corrected chi connectivity index (χ0v) is 12.1. The van der Waals surface area contributed by atoms with Gasteiger partial charge in [0.25, 0.3) is 0 Å². The molecule has 2 rings (SSSR count). The average molecular weight is 278 g/mol. The number of likely N-dealkylation sites (tertiary alicyclic amines) is 1. The van der Waals surface area contributed by atoms with Gasteiger partial charge < -0.3 is 15.2 Å². The molecule has 0 saturated carbocycles. The van der Waals surface area contributed by atoms with Crippen LogP contribution in [0.1, 0.15) is 12.0 Å². The van der Waals surface area contributed by atoms with E-state index in [1.165, 1.54) is 0 Å². The molecular formula is C15H22N2O3. The van der Waals surface area contributed by atoms with Gasteiger partial charge in [-0.2, -0.15) is 0 Å². The first kappa shape index (κ1) is 14.8. The van der Waals surface area contributed by atoms with Crippen LogP contribution in [0, 0.1) is 6.92 Å². The second-order valence-corrected chi connectivity index (χ2v) is 5.37. The van der Waals surface area contributed by atoms with E-state index in [9.17, 15) is 4.79 Å². The monoisotopic (exact) mass is 278 g/mol. The fourth-order valence-electron chi connectivity index (χ4n) is 2.55. The molecule has 5 nitrogen and oxygen atoms in total. The van der Waals surface area contributed by atoms with E-state index in [1.54, 1.807) is 7.11 Å². The number of ether oxygens (including phenoxy) is 2. The van der Waals surface area contributed by atoms with E-state index in [0.717, 1.165) is 24.3 Å². The van der Waals surface area contributed by atoms with Crippen LogP contribution in [0.15, 0.2) is 24.3 Å². The maximum Gasteiger partial charge on any atom is 0.231 e.